The Morgan fingerprint density at radius 2 is 1.75 bits per heavy atom. The lowest BCUT2D eigenvalue weighted by molar-refractivity contribution is -0.118. The van der Waals surface area contributed by atoms with Gasteiger partial charge in [0, 0.05) is 18.3 Å². The SMILES string of the molecule is CCOP(=O)(/C=C/c1ccc(NC(=O)[C@H](CC2CCCC2)c2ccc(S(C)(=O)=O)cc2)nc1)OCC. The third kappa shape index (κ3) is 8.10. The minimum atomic E-state index is -3.31. The lowest BCUT2D eigenvalue weighted by Gasteiger charge is -2.21. The van der Waals surface area contributed by atoms with E-state index in [0.717, 1.165) is 18.4 Å². The molecule has 36 heavy (non-hydrogen) atoms. The number of hydrogen-bond acceptors (Lipinski definition) is 7. The van der Waals surface area contributed by atoms with Crippen LogP contribution in [0.15, 0.2) is 53.3 Å². The zero-order chi connectivity index (χ0) is 26.2. The molecule has 2 aromatic rings. The van der Waals surface area contributed by atoms with E-state index >= 15 is 0 Å². The Morgan fingerprint density at radius 3 is 2.28 bits per heavy atom. The molecule has 1 fully saturated rings. The van der Waals surface area contributed by atoms with Gasteiger partial charge in [0.05, 0.1) is 24.0 Å². The van der Waals surface area contributed by atoms with Crippen LogP contribution in [0.1, 0.15) is 63.0 Å². The molecule has 0 bridgehead atoms. The van der Waals surface area contributed by atoms with Crippen molar-refractivity contribution in [1.29, 1.82) is 0 Å². The van der Waals surface area contributed by atoms with Gasteiger partial charge in [-0.05, 0) is 67.7 Å². The predicted molar refractivity (Wildman–Crippen MR) is 142 cm³/mol. The van der Waals surface area contributed by atoms with E-state index < -0.39 is 23.4 Å². The van der Waals surface area contributed by atoms with Crippen molar-refractivity contribution in [2.45, 2.75) is 56.8 Å². The summed E-state index contributed by atoms with van der Waals surface area (Å²) in [4.78, 5) is 17.9. The van der Waals surface area contributed by atoms with Crippen molar-refractivity contribution in [3.63, 3.8) is 0 Å². The van der Waals surface area contributed by atoms with Gasteiger partial charge in [-0.15, -0.1) is 0 Å². The van der Waals surface area contributed by atoms with E-state index in [1.54, 1.807) is 62.5 Å². The van der Waals surface area contributed by atoms with Crippen molar-refractivity contribution in [2.75, 3.05) is 24.8 Å². The summed E-state index contributed by atoms with van der Waals surface area (Å²) in [6.07, 6.45) is 9.59. The largest absolute Gasteiger partial charge is 0.354 e. The number of carbonyl (C=O) groups excluding carboxylic acids is 1. The van der Waals surface area contributed by atoms with E-state index in [2.05, 4.69) is 10.3 Å². The van der Waals surface area contributed by atoms with Gasteiger partial charge in [-0.1, -0.05) is 37.8 Å². The first-order chi connectivity index (χ1) is 17.1. The van der Waals surface area contributed by atoms with Crippen LogP contribution in [0.5, 0.6) is 0 Å². The Kier molecular flexibility index (Phi) is 10.0. The van der Waals surface area contributed by atoms with Gasteiger partial charge in [-0.2, -0.15) is 0 Å². The maximum absolute atomic E-state index is 13.3. The molecule has 1 atom stereocenters. The molecule has 8 nitrogen and oxygen atoms in total. The Balaban J connectivity index is 1.74. The number of amides is 1. The summed E-state index contributed by atoms with van der Waals surface area (Å²) in [5, 5.41) is 2.90. The lowest BCUT2D eigenvalue weighted by atomic mass is 9.87. The zero-order valence-corrected chi connectivity index (χ0v) is 22.8. The number of sulfone groups is 1. The van der Waals surface area contributed by atoms with E-state index in [9.17, 15) is 17.8 Å². The van der Waals surface area contributed by atoms with Crippen LogP contribution in [0.4, 0.5) is 5.82 Å². The summed E-state index contributed by atoms with van der Waals surface area (Å²) < 4.78 is 46.8. The first-order valence-electron chi connectivity index (χ1n) is 12.3. The molecule has 0 saturated heterocycles. The van der Waals surface area contributed by atoms with Crippen molar-refractivity contribution in [1.82, 2.24) is 4.98 Å². The van der Waals surface area contributed by atoms with Crippen molar-refractivity contribution >= 4 is 35.2 Å². The Labute approximate surface area is 214 Å². The van der Waals surface area contributed by atoms with Crippen LogP contribution in [-0.2, 0) is 28.2 Å². The van der Waals surface area contributed by atoms with Gasteiger partial charge in [0.25, 0.3) is 0 Å². The number of rotatable bonds is 12. The topological polar surface area (TPSA) is 112 Å². The third-order valence-corrected chi connectivity index (χ3v) is 9.06. The maximum atomic E-state index is 13.3. The molecule has 0 spiro atoms. The molecule has 1 saturated carbocycles. The number of nitrogens with zero attached hydrogens (tertiary/aromatic N) is 1. The zero-order valence-electron chi connectivity index (χ0n) is 21.1. The monoisotopic (exact) mass is 534 g/mol. The van der Waals surface area contributed by atoms with E-state index in [4.69, 9.17) is 9.05 Å². The number of benzene rings is 1. The van der Waals surface area contributed by atoms with Gasteiger partial charge in [0.15, 0.2) is 9.84 Å². The Bertz CT molecular complexity index is 1180. The van der Waals surface area contributed by atoms with Crippen LogP contribution in [0.2, 0.25) is 0 Å². The molecular formula is C26H35N2O6PS. The third-order valence-electron chi connectivity index (χ3n) is 6.18. The molecule has 10 heteroatoms. The normalized spacial score (nSPS) is 15.9. The highest BCUT2D eigenvalue weighted by atomic mass is 32.2. The van der Waals surface area contributed by atoms with Crippen LogP contribution < -0.4 is 5.32 Å². The molecule has 1 N–H and O–H groups in total. The summed E-state index contributed by atoms with van der Waals surface area (Å²) in [6.45, 7) is 4.03. The molecule has 1 aromatic heterocycles. The van der Waals surface area contributed by atoms with Crippen LogP contribution >= 0.6 is 7.60 Å². The number of hydrogen-bond donors (Lipinski definition) is 1. The van der Waals surface area contributed by atoms with Crippen molar-refractivity contribution in [3.8, 4) is 0 Å². The average molecular weight is 535 g/mol. The number of pyridine rings is 1. The second kappa shape index (κ2) is 12.8. The predicted octanol–water partition coefficient (Wildman–Crippen LogP) is 6.02. The summed E-state index contributed by atoms with van der Waals surface area (Å²) in [5.74, 6) is 1.68. The number of nitrogens with one attached hydrogen (secondary N) is 1. The lowest BCUT2D eigenvalue weighted by Crippen LogP contribution is -2.23. The van der Waals surface area contributed by atoms with Gasteiger partial charge >= 0.3 is 7.60 Å². The maximum Gasteiger partial charge on any atom is 0.354 e. The number of aromatic nitrogens is 1. The molecule has 3 rings (SSSR count). The Morgan fingerprint density at radius 1 is 1.11 bits per heavy atom. The minimum Gasteiger partial charge on any atom is -0.310 e. The van der Waals surface area contributed by atoms with Gasteiger partial charge in [-0.25, -0.2) is 13.4 Å². The summed E-state index contributed by atoms with van der Waals surface area (Å²) >= 11 is 0. The minimum absolute atomic E-state index is 0.179. The summed E-state index contributed by atoms with van der Waals surface area (Å²) in [7, 11) is -6.62. The van der Waals surface area contributed by atoms with E-state index in [0.29, 0.717) is 23.7 Å². The van der Waals surface area contributed by atoms with Gasteiger partial charge in [-0.3, -0.25) is 9.36 Å². The molecule has 1 aliphatic carbocycles. The molecule has 1 aliphatic rings. The highest BCUT2D eigenvalue weighted by Crippen LogP contribution is 2.50. The van der Waals surface area contributed by atoms with Crippen molar-refractivity contribution in [2.24, 2.45) is 5.92 Å². The van der Waals surface area contributed by atoms with Crippen molar-refractivity contribution < 1.29 is 26.8 Å². The van der Waals surface area contributed by atoms with Gasteiger partial charge in [0.1, 0.15) is 5.82 Å². The number of carbonyl (C=O) groups is 1. The fraction of sp³-hybridized carbons (Fsp3) is 0.462. The van der Waals surface area contributed by atoms with Crippen molar-refractivity contribution in [3.05, 3.63) is 59.5 Å². The van der Waals surface area contributed by atoms with E-state index in [1.807, 2.05) is 0 Å². The van der Waals surface area contributed by atoms with E-state index in [-0.39, 0.29) is 24.0 Å². The molecule has 1 amide bonds. The quantitative estimate of drug-likeness (QED) is 0.331. The van der Waals surface area contributed by atoms with Crippen LogP contribution in [0.3, 0.4) is 0 Å². The molecule has 196 valence electrons. The first-order valence-corrected chi connectivity index (χ1v) is 15.8. The standard InChI is InChI=1S/C26H35N2O6PS/c1-4-33-35(30,34-5-2)17-16-21-10-15-25(27-19-21)28-26(29)24(18-20-8-6-7-9-20)22-11-13-23(14-12-22)36(3,31)32/h10-17,19-20,24H,4-9,18H2,1-3H3,(H,27,28,29)/b17-16+/t24-/m1/s1. The van der Waals surface area contributed by atoms with E-state index in [1.165, 1.54) is 24.9 Å². The molecule has 0 aliphatic heterocycles. The fourth-order valence-electron chi connectivity index (χ4n) is 4.37. The second-order valence-corrected chi connectivity index (χ2v) is 12.8. The summed E-state index contributed by atoms with van der Waals surface area (Å²) in [5.41, 5.74) is 1.47. The molecule has 1 aromatic carbocycles. The molecule has 1 heterocycles. The first kappa shape index (κ1) is 28.3. The van der Waals surface area contributed by atoms with Crippen LogP contribution in [0, 0.1) is 5.92 Å². The van der Waals surface area contributed by atoms with Gasteiger partial charge in [0.2, 0.25) is 5.91 Å². The fourth-order valence-corrected chi connectivity index (χ4v) is 6.32. The highest BCUT2D eigenvalue weighted by molar-refractivity contribution is 7.90. The molecule has 0 unspecified atom stereocenters. The second-order valence-electron chi connectivity index (χ2n) is 8.94. The van der Waals surface area contributed by atoms with Crippen LogP contribution in [-0.4, -0.2) is 38.8 Å². The summed E-state index contributed by atoms with van der Waals surface area (Å²) in [6, 6.07) is 10.0. The highest BCUT2D eigenvalue weighted by Gasteiger charge is 2.27. The van der Waals surface area contributed by atoms with Crippen LogP contribution in [0.25, 0.3) is 6.08 Å². The smallest absolute Gasteiger partial charge is 0.310 e. The average Bonchev–Trinajstić information content (AvgIpc) is 3.35. The molecular weight excluding hydrogens is 499 g/mol. The number of anilines is 1. The van der Waals surface area contributed by atoms with Gasteiger partial charge < -0.3 is 14.4 Å². The Hall–Kier alpha value is -2.32. The molecule has 0 radical (unpaired) electrons.